The second-order valence-corrected chi connectivity index (χ2v) is 8.44. The molecule has 1 amide bonds. The summed E-state index contributed by atoms with van der Waals surface area (Å²) >= 11 is 0. The quantitative estimate of drug-likeness (QED) is 0.787. The number of halogens is 1. The Bertz CT molecular complexity index is 849. The highest BCUT2D eigenvalue weighted by Crippen LogP contribution is 2.34. The topological polar surface area (TPSA) is 67.2 Å². The lowest BCUT2D eigenvalue weighted by Gasteiger charge is -2.36. The van der Waals surface area contributed by atoms with Crippen molar-refractivity contribution >= 4 is 5.91 Å². The lowest BCUT2D eigenvalue weighted by molar-refractivity contribution is -0.132. The smallest absolute Gasteiger partial charge is 0.246 e. The number of nitrogens with zero attached hydrogens (tertiary/aromatic N) is 6. The average molecular weight is 384 g/mol. The standard InChI is InChI=1S/C20H25FN6O/c21-17-6-4-16(5-7-17)20-22-24-27(23-20)13-19(28)26-11-15-3-8-18(12-26)25(10-15)9-14-1-2-14/h4-7,14-15,18H,1-3,8-13H2/t15-,18-/m1/s1. The largest absolute Gasteiger partial charge is 0.339 e. The molecule has 28 heavy (non-hydrogen) atoms. The Hall–Kier alpha value is -2.35. The first-order chi connectivity index (χ1) is 13.6. The van der Waals surface area contributed by atoms with Gasteiger partial charge in [0.25, 0.3) is 0 Å². The molecule has 1 aliphatic carbocycles. The molecule has 1 aromatic heterocycles. The molecular formula is C20H25FN6O. The molecule has 6 rings (SSSR count). The van der Waals surface area contributed by atoms with E-state index >= 15 is 0 Å². The fourth-order valence-electron chi connectivity index (χ4n) is 4.48. The summed E-state index contributed by atoms with van der Waals surface area (Å²) in [6.07, 6.45) is 5.14. The molecule has 0 radical (unpaired) electrons. The molecule has 148 valence electrons. The van der Waals surface area contributed by atoms with Crippen LogP contribution in [0.4, 0.5) is 4.39 Å². The van der Waals surface area contributed by atoms with E-state index in [-0.39, 0.29) is 18.3 Å². The van der Waals surface area contributed by atoms with Crippen LogP contribution in [0.5, 0.6) is 0 Å². The molecule has 4 heterocycles. The van der Waals surface area contributed by atoms with Crippen LogP contribution in [-0.4, -0.2) is 68.1 Å². The second-order valence-electron chi connectivity index (χ2n) is 8.44. The van der Waals surface area contributed by atoms with E-state index in [4.69, 9.17) is 0 Å². The highest BCUT2D eigenvalue weighted by atomic mass is 19.1. The van der Waals surface area contributed by atoms with Gasteiger partial charge in [-0.2, -0.15) is 4.80 Å². The van der Waals surface area contributed by atoms with Gasteiger partial charge < -0.3 is 4.90 Å². The molecule has 8 heteroatoms. The lowest BCUT2D eigenvalue weighted by atomic mass is 9.95. The summed E-state index contributed by atoms with van der Waals surface area (Å²) in [6, 6.07) is 6.43. The molecule has 1 saturated carbocycles. The molecule has 3 aliphatic heterocycles. The maximum absolute atomic E-state index is 13.1. The van der Waals surface area contributed by atoms with Gasteiger partial charge in [0.15, 0.2) is 0 Å². The van der Waals surface area contributed by atoms with Crippen molar-refractivity contribution in [3.05, 3.63) is 30.1 Å². The Morgan fingerprint density at radius 3 is 2.68 bits per heavy atom. The fourth-order valence-corrected chi connectivity index (χ4v) is 4.48. The first-order valence-corrected chi connectivity index (χ1v) is 10.2. The van der Waals surface area contributed by atoms with Crippen LogP contribution < -0.4 is 0 Å². The van der Waals surface area contributed by atoms with Gasteiger partial charge in [0.05, 0.1) is 0 Å². The summed E-state index contributed by atoms with van der Waals surface area (Å²) < 4.78 is 13.1. The molecule has 7 nitrogen and oxygen atoms in total. The van der Waals surface area contributed by atoms with Crippen LogP contribution in [0.25, 0.3) is 11.4 Å². The van der Waals surface area contributed by atoms with Gasteiger partial charge in [-0.15, -0.1) is 10.2 Å². The Kier molecular flexibility index (Phi) is 4.58. The van der Waals surface area contributed by atoms with Crippen molar-refractivity contribution in [2.45, 2.75) is 38.3 Å². The minimum absolute atomic E-state index is 0.0493. The number of amides is 1. The number of hydrogen-bond donors (Lipinski definition) is 0. The minimum Gasteiger partial charge on any atom is -0.339 e. The monoisotopic (exact) mass is 384 g/mol. The van der Waals surface area contributed by atoms with Crippen LogP contribution >= 0.6 is 0 Å². The number of tetrazole rings is 1. The lowest BCUT2D eigenvalue weighted by Crippen LogP contribution is -2.45. The van der Waals surface area contributed by atoms with E-state index in [0.29, 0.717) is 23.3 Å². The highest BCUT2D eigenvalue weighted by Gasteiger charge is 2.38. The summed E-state index contributed by atoms with van der Waals surface area (Å²) in [5, 5.41) is 12.3. The van der Waals surface area contributed by atoms with Gasteiger partial charge >= 0.3 is 0 Å². The first-order valence-electron chi connectivity index (χ1n) is 10.2. The van der Waals surface area contributed by atoms with Crippen molar-refractivity contribution in [1.29, 1.82) is 0 Å². The zero-order valence-corrected chi connectivity index (χ0v) is 15.9. The first kappa shape index (κ1) is 17.7. The van der Waals surface area contributed by atoms with E-state index in [1.54, 1.807) is 12.1 Å². The van der Waals surface area contributed by atoms with Gasteiger partial charge in [0, 0.05) is 37.8 Å². The molecule has 0 unspecified atom stereocenters. The summed E-state index contributed by atoms with van der Waals surface area (Å²) in [7, 11) is 0. The number of carbonyl (C=O) groups is 1. The van der Waals surface area contributed by atoms with Gasteiger partial charge in [0.1, 0.15) is 12.4 Å². The SMILES string of the molecule is O=C(Cn1nnc(-c2ccc(F)cc2)n1)N1C[C@@H]2CC[C@H](C1)N(CC1CC1)C2. The Morgan fingerprint density at radius 2 is 1.89 bits per heavy atom. The number of benzene rings is 1. The molecule has 2 bridgehead atoms. The third kappa shape index (κ3) is 3.78. The maximum atomic E-state index is 13.1. The van der Waals surface area contributed by atoms with Gasteiger partial charge in [-0.25, -0.2) is 4.39 Å². The number of piperidine rings is 1. The van der Waals surface area contributed by atoms with E-state index in [2.05, 4.69) is 20.3 Å². The third-order valence-corrected chi connectivity index (χ3v) is 6.20. The molecule has 1 aromatic carbocycles. The molecule has 4 aliphatic rings. The second kappa shape index (κ2) is 7.24. The Morgan fingerprint density at radius 1 is 1.07 bits per heavy atom. The van der Waals surface area contributed by atoms with Crippen molar-refractivity contribution in [2.75, 3.05) is 26.2 Å². The number of carbonyl (C=O) groups excluding carboxylic acids is 1. The van der Waals surface area contributed by atoms with Crippen molar-refractivity contribution in [3.63, 3.8) is 0 Å². The molecule has 4 fully saturated rings. The molecule has 2 aromatic rings. The normalized spacial score (nSPS) is 25.1. The van der Waals surface area contributed by atoms with Gasteiger partial charge in [0.2, 0.25) is 11.7 Å². The number of fused-ring (bicyclic) bond motifs is 4. The molecule has 0 spiro atoms. The van der Waals surface area contributed by atoms with Crippen molar-refractivity contribution in [3.8, 4) is 11.4 Å². The van der Waals surface area contributed by atoms with Crippen LogP contribution in [0.1, 0.15) is 25.7 Å². The van der Waals surface area contributed by atoms with E-state index < -0.39 is 0 Å². The van der Waals surface area contributed by atoms with E-state index in [9.17, 15) is 9.18 Å². The Balaban J connectivity index is 1.24. The van der Waals surface area contributed by atoms with Crippen LogP contribution in [-0.2, 0) is 11.3 Å². The van der Waals surface area contributed by atoms with Crippen LogP contribution in [0, 0.1) is 17.7 Å². The number of rotatable bonds is 5. The van der Waals surface area contributed by atoms with E-state index in [1.807, 2.05) is 4.90 Å². The summed E-state index contributed by atoms with van der Waals surface area (Å²) in [6.45, 7) is 4.06. The van der Waals surface area contributed by atoms with Gasteiger partial charge in [-0.1, -0.05) is 0 Å². The van der Waals surface area contributed by atoms with Crippen LogP contribution in [0.15, 0.2) is 24.3 Å². The van der Waals surface area contributed by atoms with Crippen molar-refractivity contribution < 1.29 is 9.18 Å². The maximum Gasteiger partial charge on any atom is 0.246 e. The molecule has 3 saturated heterocycles. The van der Waals surface area contributed by atoms with Crippen molar-refractivity contribution in [1.82, 2.24) is 30.0 Å². The summed E-state index contributed by atoms with van der Waals surface area (Å²) in [5.41, 5.74) is 0.684. The fraction of sp³-hybridized carbons (Fsp3) is 0.600. The van der Waals surface area contributed by atoms with Crippen molar-refractivity contribution in [2.24, 2.45) is 11.8 Å². The van der Waals surface area contributed by atoms with E-state index in [0.717, 1.165) is 25.6 Å². The number of aromatic nitrogens is 4. The zero-order valence-electron chi connectivity index (χ0n) is 15.9. The summed E-state index contributed by atoms with van der Waals surface area (Å²) in [4.78, 5) is 18.9. The Labute approximate surface area is 163 Å². The molecular weight excluding hydrogens is 359 g/mol. The molecule has 0 N–H and O–H groups in total. The van der Waals surface area contributed by atoms with Crippen LogP contribution in [0.2, 0.25) is 0 Å². The minimum atomic E-state index is -0.308. The highest BCUT2D eigenvalue weighted by molar-refractivity contribution is 5.76. The zero-order chi connectivity index (χ0) is 19.1. The third-order valence-electron chi connectivity index (χ3n) is 6.20. The summed E-state index contributed by atoms with van der Waals surface area (Å²) in [5.74, 6) is 1.60. The van der Waals surface area contributed by atoms with Gasteiger partial charge in [-0.3, -0.25) is 9.69 Å². The predicted octanol–water partition coefficient (Wildman–Crippen LogP) is 1.81. The van der Waals surface area contributed by atoms with Gasteiger partial charge in [-0.05, 0) is 67.0 Å². The average Bonchev–Trinajstić information content (AvgIpc) is 3.46. The number of hydrogen-bond acceptors (Lipinski definition) is 5. The predicted molar refractivity (Wildman–Crippen MR) is 101 cm³/mol. The van der Waals surface area contributed by atoms with Crippen LogP contribution in [0.3, 0.4) is 0 Å². The molecule has 2 atom stereocenters. The van der Waals surface area contributed by atoms with E-state index in [1.165, 1.54) is 49.2 Å².